The lowest BCUT2D eigenvalue weighted by Crippen LogP contribution is -2.37. The van der Waals surface area contributed by atoms with Crippen LogP contribution in [0.4, 0.5) is 13.2 Å². The van der Waals surface area contributed by atoms with Crippen molar-refractivity contribution in [3.05, 3.63) is 88.8 Å². The Kier molecular flexibility index (Phi) is 8.39. The lowest BCUT2D eigenvalue weighted by atomic mass is 10.1. The molecule has 0 saturated carbocycles. The van der Waals surface area contributed by atoms with Crippen LogP contribution in [0.1, 0.15) is 35.5 Å². The fraction of sp³-hybridized carbons (Fsp3) is 0.259. The van der Waals surface area contributed by atoms with Crippen molar-refractivity contribution in [1.82, 2.24) is 24.9 Å². The van der Waals surface area contributed by atoms with E-state index >= 15 is 0 Å². The minimum Gasteiger partial charge on any atom is -0.496 e. The van der Waals surface area contributed by atoms with Crippen molar-refractivity contribution in [2.45, 2.75) is 39.3 Å². The highest BCUT2D eigenvalue weighted by atomic mass is 35.5. The van der Waals surface area contributed by atoms with Gasteiger partial charge in [-0.25, -0.2) is 4.68 Å². The van der Waals surface area contributed by atoms with Crippen LogP contribution in [-0.2, 0) is 13.1 Å². The second-order valence-electron chi connectivity index (χ2n) is 8.82. The van der Waals surface area contributed by atoms with E-state index < -0.39 is 12.1 Å². The highest BCUT2D eigenvalue weighted by Crippen LogP contribution is 2.31. The van der Waals surface area contributed by atoms with Crippen LogP contribution in [0.2, 0.25) is 5.02 Å². The highest BCUT2D eigenvalue weighted by molar-refractivity contribution is 6.31. The van der Waals surface area contributed by atoms with Crippen LogP contribution < -0.4 is 9.47 Å². The molecule has 2 aromatic heterocycles. The molecule has 4 aromatic rings. The van der Waals surface area contributed by atoms with Crippen LogP contribution in [0, 0.1) is 0 Å². The number of alkyl halides is 3. The molecule has 0 atom stereocenters. The lowest BCUT2D eigenvalue weighted by Gasteiger charge is -2.27. The van der Waals surface area contributed by atoms with Gasteiger partial charge in [-0.1, -0.05) is 35.0 Å². The third-order valence-electron chi connectivity index (χ3n) is 5.88. The third-order valence-corrected chi connectivity index (χ3v) is 6.25. The first kappa shape index (κ1) is 27.9. The van der Waals surface area contributed by atoms with Gasteiger partial charge in [-0.2, -0.15) is 0 Å². The first-order chi connectivity index (χ1) is 18.6. The highest BCUT2D eigenvalue weighted by Gasteiger charge is 2.32. The van der Waals surface area contributed by atoms with E-state index in [1.54, 1.807) is 35.5 Å². The fourth-order valence-electron chi connectivity index (χ4n) is 4.04. The van der Waals surface area contributed by atoms with E-state index in [-0.39, 0.29) is 30.7 Å². The van der Waals surface area contributed by atoms with E-state index in [2.05, 4.69) is 20.0 Å². The molecule has 0 aliphatic rings. The molecular weight excluding hydrogens is 535 g/mol. The number of amides is 1. The van der Waals surface area contributed by atoms with E-state index in [0.29, 0.717) is 27.6 Å². The minimum atomic E-state index is -4.86. The van der Waals surface area contributed by atoms with Gasteiger partial charge in [-0.3, -0.25) is 9.78 Å². The van der Waals surface area contributed by atoms with Crippen LogP contribution in [0.3, 0.4) is 0 Å². The molecule has 0 aliphatic carbocycles. The third kappa shape index (κ3) is 6.66. The van der Waals surface area contributed by atoms with E-state index in [1.807, 2.05) is 32.0 Å². The quantitative estimate of drug-likeness (QED) is 0.250. The number of benzene rings is 2. The van der Waals surface area contributed by atoms with E-state index in [0.717, 1.165) is 11.6 Å². The van der Waals surface area contributed by atoms with Gasteiger partial charge in [0.05, 0.1) is 13.7 Å². The number of nitrogens with zero attached hydrogens (tertiary/aromatic N) is 5. The standard InChI is InChI=1S/C27H25ClF3N5O3/c1-17(2)35(15-19-6-4-5-7-22(19)28)26(37)24-25(18-10-12-32-13-11-18)36(34-33-24)16-20-14-21(39-27(29,30)31)8-9-23(20)38-3/h4-14,17H,15-16H2,1-3H3. The number of rotatable bonds is 9. The average Bonchev–Trinajstić information content (AvgIpc) is 3.31. The number of aromatic nitrogens is 4. The predicted molar refractivity (Wildman–Crippen MR) is 138 cm³/mol. The van der Waals surface area contributed by atoms with Crippen LogP contribution >= 0.6 is 11.6 Å². The second-order valence-corrected chi connectivity index (χ2v) is 9.23. The van der Waals surface area contributed by atoms with Crippen LogP contribution in [0.25, 0.3) is 11.3 Å². The van der Waals surface area contributed by atoms with Gasteiger partial charge in [0.1, 0.15) is 17.2 Å². The van der Waals surface area contributed by atoms with Crippen molar-refractivity contribution >= 4 is 17.5 Å². The molecule has 2 aromatic carbocycles. The Morgan fingerprint density at radius 3 is 2.44 bits per heavy atom. The number of methoxy groups -OCH3 is 1. The monoisotopic (exact) mass is 559 g/mol. The number of hydrogen-bond donors (Lipinski definition) is 0. The predicted octanol–water partition coefficient (Wildman–Crippen LogP) is 6.00. The first-order valence-corrected chi connectivity index (χ1v) is 12.3. The molecule has 0 spiro atoms. The summed E-state index contributed by atoms with van der Waals surface area (Å²) in [6.07, 6.45) is -1.74. The normalized spacial score (nSPS) is 11.5. The van der Waals surface area contributed by atoms with Crippen LogP contribution in [-0.4, -0.2) is 50.3 Å². The summed E-state index contributed by atoms with van der Waals surface area (Å²) in [5.41, 5.74) is 2.15. The molecule has 0 aliphatic heterocycles. The molecule has 12 heteroatoms. The number of carbonyl (C=O) groups is 1. The molecule has 1 amide bonds. The molecule has 4 rings (SSSR count). The zero-order chi connectivity index (χ0) is 28.2. The van der Waals surface area contributed by atoms with Gasteiger partial charge < -0.3 is 14.4 Å². The largest absolute Gasteiger partial charge is 0.573 e. The van der Waals surface area contributed by atoms with Gasteiger partial charge in [0.15, 0.2) is 5.69 Å². The lowest BCUT2D eigenvalue weighted by molar-refractivity contribution is -0.274. The second kappa shape index (κ2) is 11.7. The van der Waals surface area contributed by atoms with Crippen LogP contribution in [0.15, 0.2) is 67.0 Å². The maximum Gasteiger partial charge on any atom is 0.573 e. The summed E-state index contributed by atoms with van der Waals surface area (Å²) < 4.78 is 49.4. The number of carbonyl (C=O) groups excluding carboxylic acids is 1. The Hall–Kier alpha value is -4.12. The van der Waals surface area contributed by atoms with Gasteiger partial charge in [0.25, 0.3) is 5.91 Å². The zero-order valence-corrected chi connectivity index (χ0v) is 22.1. The van der Waals surface area contributed by atoms with Crippen molar-refractivity contribution in [2.75, 3.05) is 7.11 Å². The number of halogens is 4. The van der Waals surface area contributed by atoms with Gasteiger partial charge >= 0.3 is 6.36 Å². The maximum atomic E-state index is 13.9. The molecule has 0 radical (unpaired) electrons. The SMILES string of the molecule is COc1ccc(OC(F)(F)F)cc1Cn1nnc(C(=O)N(Cc2ccccc2Cl)C(C)C)c1-c1ccncc1. The Morgan fingerprint density at radius 2 is 1.79 bits per heavy atom. The van der Waals surface area contributed by atoms with Crippen molar-refractivity contribution in [2.24, 2.45) is 0 Å². The van der Waals surface area contributed by atoms with Crippen molar-refractivity contribution < 1.29 is 27.4 Å². The summed E-state index contributed by atoms with van der Waals surface area (Å²) in [4.78, 5) is 19.5. The maximum absolute atomic E-state index is 13.9. The van der Waals surface area contributed by atoms with E-state index in [1.165, 1.54) is 23.9 Å². The summed E-state index contributed by atoms with van der Waals surface area (Å²) in [5, 5.41) is 8.95. The molecule has 0 N–H and O–H groups in total. The molecule has 39 heavy (non-hydrogen) atoms. The van der Waals surface area contributed by atoms with Crippen LogP contribution in [0.5, 0.6) is 11.5 Å². The van der Waals surface area contributed by atoms with Gasteiger partial charge in [-0.05, 0) is 55.8 Å². The molecule has 204 valence electrons. The smallest absolute Gasteiger partial charge is 0.496 e. The molecule has 0 bridgehead atoms. The van der Waals surface area contributed by atoms with E-state index in [4.69, 9.17) is 16.3 Å². The molecule has 0 saturated heterocycles. The Labute approximate surface area is 227 Å². The summed E-state index contributed by atoms with van der Waals surface area (Å²) in [6, 6.07) is 14.2. The Balaban J connectivity index is 1.76. The topological polar surface area (TPSA) is 82.4 Å². The molecule has 0 fully saturated rings. The average molecular weight is 560 g/mol. The fourth-order valence-corrected chi connectivity index (χ4v) is 4.23. The zero-order valence-electron chi connectivity index (χ0n) is 21.3. The summed E-state index contributed by atoms with van der Waals surface area (Å²) in [5.74, 6) is -0.480. The number of pyridine rings is 1. The summed E-state index contributed by atoms with van der Waals surface area (Å²) in [6.45, 7) is 3.94. The Bertz CT molecular complexity index is 1440. The molecule has 8 nitrogen and oxygen atoms in total. The number of hydrogen-bond acceptors (Lipinski definition) is 6. The van der Waals surface area contributed by atoms with Crippen molar-refractivity contribution in [3.63, 3.8) is 0 Å². The Morgan fingerprint density at radius 1 is 1.08 bits per heavy atom. The molecular formula is C27H25ClF3N5O3. The number of ether oxygens (including phenoxy) is 2. The summed E-state index contributed by atoms with van der Waals surface area (Å²) >= 11 is 6.36. The van der Waals surface area contributed by atoms with Gasteiger partial charge in [-0.15, -0.1) is 18.3 Å². The van der Waals surface area contributed by atoms with Crippen molar-refractivity contribution in [3.8, 4) is 22.8 Å². The first-order valence-electron chi connectivity index (χ1n) is 11.9. The van der Waals surface area contributed by atoms with E-state index in [9.17, 15) is 18.0 Å². The van der Waals surface area contributed by atoms with Gasteiger partial charge in [0.2, 0.25) is 0 Å². The van der Waals surface area contributed by atoms with Crippen molar-refractivity contribution in [1.29, 1.82) is 0 Å². The van der Waals surface area contributed by atoms with Gasteiger partial charge in [0, 0.05) is 41.1 Å². The molecule has 2 heterocycles. The molecule has 0 unspecified atom stereocenters. The minimum absolute atomic E-state index is 0.0532. The summed E-state index contributed by atoms with van der Waals surface area (Å²) in [7, 11) is 1.40.